The van der Waals surface area contributed by atoms with Gasteiger partial charge in [0.25, 0.3) is 0 Å². The average Bonchev–Trinajstić information content (AvgIpc) is 2.38. The largest absolute Gasteiger partial charge is 0.373 e. The van der Waals surface area contributed by atoms with Crippen molar-refractivity contribution in [2.75, 3.05) is 0 Å². The number of unbranched alkanes of at least 4 members (excludes halogenated alkanes) is 4. The lowest BCUT2D eigenvalue weighted by Crippen LogP contribution is -2.22. The van der Waals surface area contributed by atoms with Crippen molar-refractivity contribution in [2.24, 2.45) is 0 Å². The lowest BCUT2D eigenvalue weighted by Gasteiger charge is -2.25. The van der Waals surface area contributed by atoms with Gasteiger partial charge in [-0.1, -0.05) is 63.3 Å². The maximum Gasteiger partial charge on any atom is 0.0723 e. The summed E-state index contributed by atoms with van der Waals surface area (Å²) in [5.41, 5.74) is 2.88. The van der Waals surface area contributed by atoms with Gasteiger partial charge in [-0.3, -0.25) is 0 Å². The first kappa shape index (κ1) is 12.6. The molecule has 0 saturated carbocycles. The number of fused-ring (bicyclic) bond motifs is 1. The molecule has 0 aliphatic carbocycles. The molecule has 1 aliphatic rings. The van der Waals surface area contributed by atoms with Crippen LogP contribution in [0.5, 0.6) is 0 Å². The minimum atomic E-state index is 0.464. The van der Waals surface area contributed by atoms with Crippen molar-refractivity contribution in [1.29, 1.82) is 0 Å². The van der Waals surface area contributed by atoms with Crippen molar-refractivity contribution in [3.63, 3.8) is 0 Å². The van der Waals surface area contributed by atoms with Gasteiger partial charge < -0.3 is 4.74 Å². The highest BCUT2D eigenvalue weighted by atomic mass is 16.5. The van der Waals surface area contributed by atoms with Crippen LogP contribution in [-0.2, 0) is 17.8 Å². The van der Waals surface area contributed by atoms with Crippen molar-refractivity contribution in [2.45, 2.75) is 64.6 Å². The first-order chi connectivity index (χ1) is 8.40. The third kappa shape index (κ3) is 3.85. The molecule has 17 heavy (non-hydrogen) atoms. The Morgan fingerprint density at radius 1 is 1.06 bits per heavy atom. The molecule has 1 aromatic carbocycles. The van der Waals surface area contributed by atoms with E-state index in [9.17, 15) is 0 Å². The van der Waals surface area contributed by atoms with Crippen LogP contribution in [0.1, 0.15) is 56.6 Å². The molecule has 0 aromatic heterocycles. The molecule has 0 spiro atoms. The van der Waals surface area contributed by atoms with E-state index in [4.69, 9.17) is 4.74 Å². The molecular weight excluding hydrogens is 208 g/mol. The Morgan fingerprint density at radius 2 is 1.82 bits per heavy atom. The van der Waals surface area contributed by atoms with E-state index in [2.05, 4.69) is 31.2 Å². The van der Waals surface area contributed by atoms with E-state index in [1.807, 2.05) is 0 Å². The van der Waals surface area contributed by atoms with Gasteiger partial charge in [-0.2, -0.15) is 0 Å². The molecule has 1 aliphatic heterocycles. The second-order valence-corrected chi connectivity index (χ2v) is 5.11. The van der Waals surface area contributed by atoms with E-state index in [0.717, 1.165) is 13.0 Å². The second-order valence-electron chi connectivity index (χ2n) is 5.11. The van der Waals surface area contributed by atoms with Crippen LogP contribution in [0.4, 0.5) is 0 Å². The van der Waals surface area contributed by atoms with Crippen molar-refractivity contribution in [3.8, 4) is 0 Å². The minimum absolute atomic E-state index is 0.464. The Balaban J connectivity index is 1.71. The topological polar surface area (TPSA) is 9.23 Å². The van der Waals surface area contributed by atoms with Gasteiger partial charge in [-0.15, -0.1) is 0 Å². The fraction of sp³-hybridized carbons (Fsp3) is 0.625. The number of hydrogen-bond acceptors (Lipinski definition) is 1. The summed E-state index contributed by atoms with van der Waals surface area (Å²) >= 11 is 0. The third-order valence-corrected chi connectivity index (χ3v) is 3.67. The second kappa shape index (κ2) is 6.80. The van der Waals surface area contributed by atoms with Crippen LogP contribution in [-0.4, -0.2) is 6.10 Å². The summed E-state index contributed by atoms with van der Waals surface area (Å²) in [6.07, 6.45) is 9.61. The van der Waals surface area contributed by atoms with Crippen LogP contribution in [0.15, 0.2) is 24.3 Å². The zero-order valence-electron chi connectivity index (χ0n) is 11.0. The first-order valence-corrected chi connectivity index (χ1v) is 7.08. The molecule has 0 radical (unpaired) electrons. The average molecular weight is 232 g/mol. The zero-order valence-corrected chi connectivity index (χ0v) is 11.0. The van der Waals surface area contributed by atoms with Gasteiger partial charge in [0.05, 0.1) is 12.7 Å². The maximum atomic E-state index is 5.91. The fourth-order valence-corrected chi connectivity index (χ4v) is 2.57. The SMILES string of the molecule is CCCCCCCC1Cc2ccccc2CO1. The molecule has 1 nitrogen and oxygen atoms in total. The van der Waals surface area contributed by atoms with E-state index in [-0.39, 0.29) is 0 Å². The van der Waals surface area contributed by atoms with Crippen LogP contribution in [0, 0.1) is 0 Å². The van der Waals surface area contributed by atoms with Gasteiger partial charge in [0.2, 0.25) is 0 Å². The molecule has 1 atom stereocenters. The number of ether oxygens (including phenoxy) is 1. The van der Waals surface area contributed by atoms with Gasteiger partial charge >= 0.3 is 0 Å². The molecular formula is C16H24O. The molecule has 1 aromatic rings. The number of hydrogen-bond donors (Lipinski definition) is 0. The fourth-order valence-electron chi connectivity index (χ4n) is 2.57. The molecule has 1 heterocycles. The van der Waals surface area contributed by atoms with E-state index in [0.29, 0.717) is 6.10 Å². The highest BCUT2D eigenvalue weighted by molar-refractivity contribution is 5.28. The lowest BCUT2D eigenvalue weighted by atomic mass is 9.96. The number of rotatable bonds is 6. The van der Waals surface area contributed by atoms with Crippen molar-refractivity contribution in [1.82, 2.24) is 0 Å². The molecule has 0 bridgehead atoms. The predicted octanol–water partition coefficient (Wildman–Crippen LogP) is 4.49. The monoisotopic (exact) mass is 232 g/mol. The summed E-state index contributed by atoms with van der Waals surface area (Å²) in [6, 6.07) is 8.68. The third-order valence-electron chi connectivity index (χ3n) is 3.67. The molecule has 0 N–H and O–H groups in total. The minimum Gasteiger partial charge on any atom is -0.373 e. The Morgan fingerprint density at radius 3 is 2.65 bits per heavy atom. The van der Waals surface area contributed by atoms with Crippen LogP contribution in [0.25, 0.3) is 0 Å². The molecule has 94 valence electrons. The van der Waals surface area contributed by atoms with Crippen LogP contribution in [0.2, 0.25) is 0 Å². The van der Waals surface area contributed by atoms with Crippen molar-refractivity contribution < 1.29 is 4.74 Å². The molecule has 1 unspecified atom stereocenters. The maximum absolute atomic E-state index is 5.91. The quantitative estimate of drug-likeness (QED) is 0.657. The Bertz CT molecular complexity index is 332. The summed E-state index contributed by atoms with van der Waals surface area (Å²) in [5, 5.41) is 0. The number of benzene rings is 1. The highest BCUT2D eigenvalue weighted by Gasteiger charge is 2.17. The standard InChI is InChI=1S/C16H24O/c1-2-3-4-5-6-11-16-12-14-9-7-8-10-15(14)13-17-16/h7-10,16H,2-6,11-13H2,1H3. The molecule has 2 rings (SSSR count). The van der Waals surface area contributed by atoms with Gasteiger partial charge in [0.15, 0.2) is 0 Å². The molecule has 0 fully saturated rings. The first-order valence-electron chi connectivity index (χ1n) is 7.08. The zero-order chi connectivity index (χ0) is 11.9. The molecule has 0 saturated heterocycles. The van der Waals surface area contributed by atoms with Crippen molar-refractivity contribution in [3.05, 3.63) is 35.4 Å². The van der Waals surface area contributed by atoms with Gasteiger partial charge in [-0.05, 0) is 24.0 Å². The summed E-state index contributed by atoms with van der Waals surface area (Å²) in [4.78, 5) is 0. The lowest BCUT2D eigenvalue weighted by molar-refractivity contribution is 0.0217. The summed E-state index contributed by atoms with van der Waals surface area (Å²) < 4.78 is 5.91. The van der Waals surface area contributed by atoms with Gasteiger partial charge in [0, 0.05) is 0 Å². The smallest absolute Gasteiger partial charge is 0.0723 e. The van der Waals surface area contributed by atoms with E-state index >= 15 is 0 Å². The van der Waals surface area contributed by atoms with Gasteiger partial charge in [0.1, 0.15) is 0 Å². The van der Waals surface area contributed by atoms with Gasteiger partial charge in [-0.25, -0.2) is 0 Å². The molecule has 0 amide bonds. The van der Waals surface area contributed by atoms with E-state index in [1.165, 1.54) is 49.7 Å². The normalized spacial score (nSPS) is 19.0. The molecule has 1 heteroatoms. The van der Waals surface area contributed by atoms with Crippen LogP contribution >= 0.6 is 0 Å². The summed E-state index contributed by atoms with van der Waals surface area (Å²) in [7, 11) is 0. The Hall–Kier alpha value is -0.820. The van der Waals surface area contributed by atoms with E-state index in [1.54, 1.807) is 0 Å². The Labute approximate surface area is 105 Å². The highest BCUT2D eigenvalue weighted by Crippen LogP contribution is 2.23. The van der Waals surface area contributed by atoms with Crippen molar-refractivity contribution >= 4 is 0 Å². The van der Waals surface area contributed by atoms with E-state index < -0.39 is 0 Å². The predicted molar refractivity (Wildman–Crippen MR) is 72.1 cm³/mol. The summed E-state index contributed by atoms with van der Waals surface area (Å²) in [5.74, 6) is 0. The Kier molecular flexibility index (Phi) is 5.06. The van der Waals surface area contributed by atoms with Crippen LogP contribution in [0.3, 0.4) is 0 Å². The summed E-state index contributed by atoms with van der Waals surface area (Å²) in [6.45, 7) is 3.08. The van der Waals surface area contributed by atoms with Crippen LogP contribution < -0.4 is 0 Å².